The lowest BCUT2D eigenvalue weighted by molar-refractivity contribution is 0.669. The molecule has 0 N–H and O–H groups in total. The van der Waals surface area contributed by atoms with Crippen molar-refractivity contribution in [1.82, 2.24) is 28.7 Å². The third-order valence-electron chi connectivity index (χ3n) is 14.1. The van der Waals surface area contributed by atoms with Crippen molar-refractivity contribution in [2.75, 3.05) is 0 Å². The number of nitrogens with zero attached hydrogens (tertiary/aromatic N) is 6. The molecule has 0 saturated carbocycles. The number of fused-ring (bicyclic) bond motifs is 13. The van der Waals surface area contributed by atoms with Crippen LogP contribution in [-0.2, 0) is 0 Å². The summed E-state index contributed by atoms with van der Waals surface area (Å²) in [5, 5.41) is 8.93. The number of rotatable bonds is 6. The zero-order valence-corrected chi connectivity index (χ0v) is 37.5. The van der Waals surface area contributed by atoms with Crippen LogP contribution in [-0.4, -0.2) is 28.7 Å². The molecule has 5 aromatic heterocycles. The van der Waals surface area contributed by atoms with E-state index in [9.17, 15) is 0 Å². The Kier molecular flexibility index (Phi) is 8.23. The second-order valence-corrected chi connectivity index (χ2v) is 18.0. The molecule has 7 heteroatoms. The standard InChI is InChI=1S/C63H38N6O/c1-3-17-39(18-4-1)41-21-15-22-42(37-41)68-55-31-13-9-25-46(55)48-34-35-49-52-38-43(67-53-29-11-7-23-44(53)45-24-8-12-30-54(45)67)33-36-56(52)69(59(49)58(48)68)63-65-61(40-19-5-2-6-20-40)64-62(66-63)51-28-16-27-50-47-26-10-14-32-57(47)70-60(50)51/h1-38H. The Hall–Kier alpha value is -9.59. The van der Waals surface area contributed by atoms with E-state index < -0.39 is 0 Å². The summed E-state index contributed by atoms with van der Waals surface area (Å²) in [6, 6.07) is 81.6. The van der Waals surface area contributed by atoms with Crippen LogP contribution in [0, 0.1) is 0 Å². The molecule has 0 radical (unpaired) electrons. The van der Waals surface area contributed by atoms with Crippen molar-refractivity contribution >= 4 is 87.4 Å². The molecule has 70 heavy (non-hydrogen) atoms. The van der Waals surface area contributed by atoms with Gasteiger partial charge in [-0.2, -0.15) is 9.97 Å². The van der Waals surface area contributed by atoms with Gasteiger partial charge in [0, 0.05) is 60.0 Å². The van der Waals surface area contributed by atoms with Gasteiger partial charge in [0.25, 0.3) is 0 Å². The van der Waals surface area contributed by atoms with Crippen LogP contribution in [0.3, 0.4) is 0 Å². The number of aromatic nitrogens is 6. The molecule has 10 aromatic carbocycles. The summed E-state index contributed by atoms with van der Waals surface area (Å²) in [6.07, 6.45) is 0. The molecule has 0 aliphatic heterocycles. The van der Waals surface area contributed by atoms with Crippen LogP contribution in [0.5, 0.6) is 0 Å². The molecule has 5 heterocycles. The Balaban J connectivity index is 1.09. The predicted octanol–water partition coefficient (Wildman–Crippen LogP) is 16.1. The van der Waals surface area contributed by atoms with Gasteiger partial charge >= 0.3 is 0 Å². The van der Waals surface area contributed by atoms with Gasteiger partial charge in [-0.1, -0.05) is 170 Å². The molecule has 326 valence electrons. The molecule has 0 saturated heterocycles. The molecule has 0 amide bonds. The van der Waals surface area contributed by atoms with E-state index in [4.69, 9.17) is 19.4 Å². The smallest absolute Gasteiger partial charge is 0.238 e. The van der Waals surface area contributed by atoms with Gasteiger partial charge in [-0.3, -0.25) is 4.57 Å². The SMILES string of the molecule is c1ccc(-c2cccc(-n3c4ccccc4c4ccc5c6cc(-n7c8ccccc8c8ccccc87)ccc6n(-c6nc(-c7ccccc7)nc(-c7cccc8c7oc7ccccc78)n6)c5c43)c2)cc1. The van der Waals surface area contributed by atoms with Crippen molar-refractivity contribution in [3.8, 4) is 51.2 Å². The third kappa shape index (κ3) is 5.66. The highest BCUT2D eigenvalue weighted by atomic mass is 16.3. The number of hydrogen-bond acceptors (Lipinski definition) is 4. The lowest BCUT2D eigenvalue weighted by atomic mass is 10.1. The van der Waals surface area contributed by atoms with Gasteiger partial charge in [0.1, 0.15) is 11.2 Å². The Morgan fingerprint density at radius 3 is 1.57 bits per heavy atom. The van der Waals surface area contributed by atoms with Crippen molar-refractivity contribution in [3.63, 3.8) is 0 Å². The quantitative estimate of drug-likeness (QED) is 0.167. The summed E-state index contributed by atoms with van der Waals surface area (Å²) in [7, 11) is 0. The molecule has 7 nitrogen and oxygen atoms in total. The molecule has 0 bridgehead atoms. The van der Waals surface area contributed by atoms with Gasteiger partial charge in [0.05, 0.1) is 38.7 Å². The molecule has 0 unspecified atom stereocenters. The zero-order valence-electron chi connectivity index (χ0n) is 37.5. The number of furan rings is 1. The maximum absolute atomic E-state index is 6.65. The summed E-state index contributed by atoms with van der Waals surface area (Å²) in [4.78, 5) is 16.3. The van der Waals surface area contributed by atoms with E-state index >= 15 is 0 Å². The van der Waals surface area contributed by atoms with Gasteiger partial charge in [0.15, 0.2) is 11.6 Å². The van der Waals surface area contributed by atoms with Crippen molar-refractivity contribution in [2.45, 2.75) is 0 Å². The van der Waals surface area contributed by atoms with E-state index in [1.54, 1.807) is 0 Å². The van der Waals surface area contributed by atoms with Crippen molar-refractivity contribution in [2.24, 2.45) is 0 Å². The minimum atomic E-state index is 0.504. The maximum Gasteiger partial charge on any atom is 0.238 e. The fourth-order valence-corrected chi connectivity index (χ4v) is 11.0. The first-order valence-corrected chi connectivity index (χ1v) is 23.6. The summed E-state index contributed by atoms with van der Waals surface area (Å²) in [6.45, 7) is 0. The highest BCUT2D eigenvalue weighted by Gasteiger charge is 2.25. The van der Waals surface area contributed by atoms with Crippen molar-refractivity contribution < 1.29 is 4.42 Å². The first kappa shape index (κ1) is 38.5. The van der Waals surface area contributed by atoms with Crippen LogP contribution >= 0.6 is 0 Å². The molecular formula is C63H38N6O. The summed E-state index contributed by atoms with van der Waals surface area (Å²) in [5.74, 6) is 1.59. The average molecular weight is 895 g/mol. The van der Waals surface area contributed by atoms with Gasteiger partial charge in [-0.15, -0.1) is 0 Å². The number of hydrogen-bond donors (Lipinski definition) is 0. The van der Waals surface area contributed by atoms with E-state index in [-0.39, 0.29) is 0 Å². The molecule has 0 aliphatic rings. The van der Waals surface area contributed by atoms with Gasteiger partial charge < -0.3 is 13.6 Å². The second kappa shape index (κ2) is 15.0. The Bertz CT molecular complexity index is 4540. The van der Waals surface area contributed by atoms with Crippen LogP contribution < -0.4 is 0 Å². The lowest BCUT2D eigenvalue weighted by Gasteiger charge is -2.14. The highest BCUT2D eigenvalue weighted by molar-refractivity contribution is 6.24. The number of para-hydroxylation sites is 5. The molecular weight excluding hydrogens is 857 g/mol. The van der Waals surface area contributed by atoms with E-state index in [1.807, 2.05) is 36.4 Å². The van der Waals surface area contributed by atoms with E-state index in [0.717, 1.165) is 110 Å². The number of benzene rings is 10. The lowest BCUT2D eigenvalue weighted by Crippen LogP contribution is -2.07. The Morgan fingerprint density at radius 1 is 0.300 bits per heavy atom. The predicted molar refractivity (Wildman–Crippen MR) is 286 cm³/mol. The Labute approximate surface area is 400 Å². The molecule has 0 fully saturated rings. The van der Waals surface area contributed by atoms with Crippen LogP contribution in [0.2, 0.25) is 0 Å². The van der Waals surface area contributed by atoms with Gasteiger partial charge in [-0.25, -0.2) is 4.98 Å². The van der Waals surface area contributed by atoms with E-state index in [2.05, 4.69) is 208 Å². The first-order chi connectivity index (χ1) is 34.7. The largest absolute Gasteiger partial charge is 0.455 e. The fourth-order valence-electron chi connectivity index (χ4n) is 11.0. The van der Waals surface area contributed by atoms with E-state index in [1.165, 1.54) is 10.8 Å². The zero-order chi connectivity index (χ0) is 45.9. The van der Waals surface area contributed by atoms with Crippen LogP contribution in [0.1, 0.15) is 0 Å². The average Bonchev–Trinajstić information content (AvgIpc) is 4.18. The molecule has 0 atom stereocenters. The van der Waals surface area contributed by atoms with Gasteiger partial charge in [-0.05, 0) is 71.8 Å². The first-order valence-electron chi connectivity index (χ1n) is 23.6. The monoisotopic (exact) mass is 894 g/mol. The van der Waals surface area contributed by atoms with Crippen molar-refractivity contribution in [1.29, 1.82) is 0 Å². The van der Waals surface area contributed by atoms with Gasteiger partial charge in [0.2, 0.25) is 5.95 Å². The minimum absolute atomic E-state index is 0.504. The molecule has 15 aromatic rings. The summed E-state index contributed by atoms with van der Waals surface area (Å²) >= 11 is 0. The van der Waals surface area contributed by atoms with Crippen LogP contribution in [0.25, 0.3) is 139 Å². The maximum atomic E-state index is 6.65. The third-order valence-corrected chi connectivity index (χ3v) is 14.1. The minimum Gasteiger partial charge on any atom is -0.455 e. The van der Waals surface area contributed by atoms with E-state index in [0.29, 0.717) is 17.6 Å². The normalized spacial score (nSPS) is 12.0. The fraction of sp³-hybridized carbons (Fsp3) is 0. The second-order valence-electron chi connectivity index (χ2n) is 18.0. The highest BCUT2D eigenvalue weighted by Crippen LogP contribution is 2.44. The van der Waals surface area contributed by atoms with Crippen LogP contribution in [0.15, 0.2) is 235 Å². The topological polar surface area (TPSA) is 66.6 Å². The van der Waals surface area contributed by atoms with Crippen LogP contribution in [0.4, 0.5) is 0 Å². The summed E-state index contributed by atoms with van der Waals surface area (Å²) in [5.41, 5.74) is 14.1. The van der Waals surface area contributed by atoms with Crippen molar-refractivity contribution in [3.05, 3.63) is 231 Å². The summed E-state index contributed by atoms with van der Waals surface area (Å²) < 4.78 is 13.7. The molecule has 15 rings (SSSR count). The Morgan fingerprint density at radius 2 is 0.829 bits per heavy atom. The molecule has 0 aliphatic carbocycles. The molecule has 0 spiro atoms.